The largest absolute Gasteiger partial charge is 0.495 e. The number of methoxy groups -OCH3 is 1. The van der Waals surface area contributed by atoms with Crippen LogP contribution in [0.4, 0.5) is 11.4 Å². The van der Waals surface area contributed by atoms with E-state index in [1.807, 2.05) is 42.5 Å². The summed E-state index contributed by atoms with van der Waals surface area (Å²) in [6.45, 7) is 6.60. The highest BCUT2D eigenvalue weighted by Gasteiger charge is 2.01. The molecule has 0 amide bonds. The van der Waals surface area contributed by atoms with E-state index >= 15 is 0 Å². The van der Waals surface area contributed by atoms with Crippen LogP contribution in [0.15, 0.2) is 42.5 Å². The van der Waals surface area contributed by atoms with Crippen LogP contribution in [0, 0.1) is 5.92 Å². The molecule has 2 aromatic rings. The first-order valence-corrected chi connectivity index (χ1v) is 8.50. The second-order valence-electron chi connectivity index (χ2n) is 5.93. The maximum atomic E-state index is 6.11. The van der Waals surface area contributed by atoms with Gasteiger partial charge in [-0.15, -0.1) is 0 Å². The molecule has 0 bridgehead atoms. The number of ether oxygens (including phenoxy) is 2. The number of nitrogens with one attached hydrogen (secondary N) is 2. The van der Waals surface area contributed by atoms with Crippen LogP contribution in [-0.4, -0.2) is 26.8 Å². The van der Waals surface area contributed by atoms with Gasteiger partial charge >= 0.3 is 0 Å². The Hall–Kier alpha value is -2.07. The average Bonchev–Trinajstić information content (AvgIpc) is 2.58. The fourth-order valence-electron chi connectivity index (χ4n) is 2.12. The van der Waals surface area contributed by atoms with E-state index in [0.717, 1.165) is 36.8 Å². The zero-order valence-electron chi connectivity index (χ0n) is 14.4. The summed E-state index contributed by atoms with van der Waals surface area (Å²) in [7, 11) is 1.61. The Morgan fingerprint density at radius 1 is 0.958 bits per heavy atom. The molecule has 0 unspecified atom stereocenters. The topological polar surface area (TPSA) is 42.5 Å². The predicted octanol–water partition coefficient (Wildman–Crippen LogP) is 4.91. The molecule has 5 heteroatoms. The summed E-state index contributed by atoms with van der Waals surface area (Å²) in [6, 6.07) is 13.7. The lowest BCUT2D eigenvalue weighted by atomic mass is 10.2. The van der Waals surface area contributed by atoms with Crippen LogP contribution in [0.3, 0.4) is 0 Å². The third kappa shape index (κ3) is 5.85. The van der Waals surface area contributed by atoms with Gasteiger partial charge in [-0.25, -0.2) is 0 Å². The molecule has 0 aliphatic carbocycles. The first kappa shape index (κ1) is 18.3. The molecular weight excluding hydrogens is 324 g/mol. The summed E-state index contributed by atoms with van der Waals surface area (Å²) in [4.78, 5) is 0. The van der Waals surface area contributed by atoms with E-state index in [-0.39, 0.29) is 0 Å². The van der Waals surface area contributed by atoms with Crippen molar-refractivity contribution in [2.75, 3.05) is 37.4 Å². The van der Waals surface area contributed by atoms with Crippen LogP contribution in [0.5, 0.6) is 11.5 Å². The third-order valence-electron chi connectivity index (χ3n) is 3.37. The summed E-state index contributed by atoms with van der Waals surface area (Å²) >= 11 is 6.11. The van der Waals surface area contributed by atoms with Gasteiger partial charge in [0.25, 0.3) is 0 Å². The smallest absolute Gasteiger partial charge is 0.137 e. The average molecular weight is 349 g/mol. The molecule has 0 heterocycles. The van der Waals surface area contributed by atoms with Gasteiger partial charge in [0, 0.05) is 24.5 Å². The van der Waals surface area contributed by atoms with E-state index in [2.05, 4.69) is 24.5 Å². The zero-order chi connectivity index (χ0) is 17.4. The van der Waals surface area contributed by atoms with E-state index in [1.54, 1.807) is 7.11 Å². The lowest BCUT2D eigenvalue weighted by Crippen LogP contribution is -2.13. The number of benzene rings is 2. The fourth-order valence-corrected chi connectivity index (χ4v) is 2.38. The number of hydrogen-bond acceptors (Lipinski definition) is 4. The van der Waals surface area contributed by atoms with Crippen LogP contribution in [0.1, 0.15) is 13.8 Å². The van der Waals surface area contributed by atoms with Crippen molar-refractivity contribution in [3.63, 3.8) is 0 Å². The fraction of sp³-hybridized carbons (Fsp3) is 0.368. The second kappa shape index (κ2) is 9.28. The van der Waals surface area contributed by atoms with Crippen molar-refractivity contribution in [3.8, 4) is 11.5 Å². The van der Waals surface area contributed by atoms with E-state index in [0.29, 0.717) is 16.7 Å². The van der Waals surface area contributed by atoms with Gasteiger partial charge in [0.2, 0.25) is 0 Å². The van der Waals surface area contributed by atoms with Crippen LogP contribution in [0.25, 0.3) is 0 Å². The van der Waals surface area contributed by atoms with Crippen molar-refractivity contribution >= 4 is 23.0 Å². The number of hydrogen-bond donors (Lipinski definition) is 2. The molecule has 0 spiro atoms. The summed E-state index contributed by atoms with van der Waals surface area (Å²) in [5.74, 6) is 2.11. The molecule has 2 rings (SSSR count). The maximum absolute atomic E-state index is 6.11. The Labute approximate surface area is 149 Å². The van der Waals surface area contributed by atoms with E-state index < -0.39 is 0 Å². The zero-order valence-corrected chi connectivity index (χ0v) is 15.2. The molecule has 130 valence electrons. The Morgan fingerprint density at radius 3 is 2.17 bits per heavy atom. The first-order chi connectivity index (χ1) is 11.6. The van der Waals surface area contributed by atoms with Crippen molar-refractivity contribution in [3.05, 3.63) is 47.5 Å². The minimum Gasteiger partial charge on any atom is -0.495 e. The molecule has 0 aliphatic heterocycles. The normalized spacial score (nSPS) is 10.5. The van der Waals surface area contributed by atoms with Gasteiger partial charge in [0.15, 0.2) is 0 Å². The van der Waals surface area contributed by atoms with E-state index in [1.165, 1.54) is 0 Å². The molecule has 24 heavy (non-hydrogen) atoms. The lowest BCUT2D eigenvalue weighted by molar-refractivity contribution is 0.271. The SMILES string of the molecule is COc1ccc(NCCNc2ccc(OCC(C)C)cc2)cc1Cl. The first-order valence-electron chi connectivity index (χ1n) is 8.12. The highest BCUT2D eigenvalue weighted by atomic mass is 35.5. The van der Waals surface area contributed by atoms with E-state index in [9.17, 15) is 0 Å². The van der Waals surface area contributed by atoms with Crippen LogP contribution in [0.2, 0.25) is 5.02 Å². The minimum absolute atomic E-state index is 0.528. The molecule has 0 atom stereocenters. The number of halogens is 1. The molecule has 0 saturated carbocycles. The summed E-state index contributed by atoms with van der Waals surface area (Å²) in [5, 5.41) is 7.30. The molecule has 2 aromatic carbocycles. The van der Waals surface area contributed by atoms with Gasteiger partial charge in [0.05, 0.1) is 18.7 Å². The quantitative estimate of drug-likeness (QED) is 0.632. The van der Waals surface area contributed by atoms with Gasteiger partial charge < -0.3 is 20.1 Å². The van der Waals surface area contributed by atoms with Crippen molar-refractivity contribution in [2.45, 2.75) is 13.8 Å². The number of rotatable bonds is 9. The third-order valence-corrected chi connectivity index (χ3v) is 3.67. The second-order valence-corrected chi connectivity index (χ2v) is 6.34. The summed E-state index contributed by atoms with van der Waals surface area (Å²) < 4.78 is 10.8. The Bertz CT molecular complexity index is 630. The van der Waals surface area contributed by atoms with Crippen molar-refractivity contribution in [1.29, 1.82) is 0 Å². The van der Waals surface area contributed by atoms with Gasteiger partial charge in [-0.1, -0.05) is 25.4 Å². The molecular formula is C19H25ClN2O2. The van der Waals surface area contributed by atoms with Gasteiger partial charge in [-0.2, -0.15) is 0 Å². The molecule has 0 fully saturated rings. The molecule has 4 nitrogen and oxygen atoms in total. The Kier molecular flexibility index (Phi) is 7.07. The molecule has 0 aromatic heterocycles. The Morgan fingerprint density at radius 2 is 1.58 bits per heavy atom. The highest BCUT2D eigenvalue weighted by molar-refractivity contribution is 6.32. The standard InChI is InChI=1S/C19H25ClN2O2/c1-14(2)13-24-17-7-4-15(5-8-17)21-10-11-22-16-6-9-19(23-3)18(20)12-16/h4-9,12,14,21-22H,10-11,13H2,1-3H3. The molecule has 2 N–H and O–H groups in total. The van der Waals surface area contributed by atoms with Gasteiger partial charge in [-0.3, -0.25) is 0 Å². The summed E-state index contributed by atoms with van der Waals surface area (Å²) in [5.41, 5.74) is 2.04. The predicted molar refractivity (Wildman–Crippen MR) is 102 cm³/mol. The highest BCUT2D eigenvalue weighted by Crippen LogP contribution is 2.27. The maximum Gasteiger partial charge on any atom is 0.137 e. The summed E-state index contributed by atoms with van der Waals surface area (Å²) in [6.07, 6.45) is 0. The lowest BCUT2D eigenvalue weighted by Gasteiger charge is -2.12. The minimum atomic E-state index is 0.528. The van der Waals surface area contributed by atoms with Gasteiger partial charge in [-0.05, 0) is 48.4 Å². The van der Waals surface area contributed by atoms with E-state index in [4.69, 9.17) is 21.1 Å². The van der Waals surface area contributed by atoms with Crippen LogP contribution in [-0.2, 0) is 0 Å². The Balaban J connectivity index is 1.73. The number of anilines is 2. The molecule has 0 saturated heterocycles. The van der Waals surface area contributed by atoms with Gasteiger partial charge in [0.1, 0.15) is 11.5 Å². The van der Waals surface area contributed by atoms with Crippen molar-refractivity contribution in [2.24, 2.45) is 5.92 Å². The molecule has 0 radical (unpaired) electrons. The molecule has 0 aliphatic rings. The van der Waals surface area contributed by atoms with Crippen LogP contribution < -0.4 is 20.1 Å². The van der Waals surface area contributed by atoms with Crippen molar-refractivity contribution < 1.29 is 9.47 Å². The van der Waals surface area contributed by atoms with Crippen molar-refractivity contribution in [1.82, 2.24) is 0 Å². The van der Waals surface area contributed by atoms with Crippen LogP contribution >= 0.6 is 11.6 Å². The monoisotopic (exact) mass is 348 g/mol.